The Morgan fingerprint density at radius 2 is 1.67 bits per heavy atom. The van der Waals surface area contributed by atoms with Gasteiger partial charge in [0.1, 0.15) is 0 Å². The fourth-order valence-corrected chi connectivity index (χ4v) is 3.35. The standard InChI is InChI=1S/C16H34N2/c1-13(2)10-16(12-17,11-14(3)4)18-9-8-15-6-5-7-15/h13-15,18H,5-12,17H2,1-4H3. The van der Waals surface area contributed by atoms with E-state index in [1.54, 1.807) is 0 Å². The minimum Gasteiger partial charge on any atom is -0.329 e. The van der Waals surface area contributed by atoms with Crippen molar-refractivity contribution in [1.29, 1.82) is 0 Å². The SMILES string of the molecule is CC(C)CC(CN)(CC(C)C)NCCC1CCC1. The van der Waals surface area contributed by atoms with Crippen molar-refractivity contribution in [2.45, 2.75) is 71.8 Å². The quantitative estimate of drug-likeness (QED) is 0.660. The van der Waals surface area contributed by atoms with E-state index < -0.39 is 0 Å². The van der Waals surface area contributed by atoms with Crippen molar-refractivity contribution in [1.82, 2.24) is 5.32 Å². The summed E-state index contributed by atoms with van der Waals surface area (Å²) in [4.78, 5) is 0. The molecule has 1 saturated carbocycles. The molecule has 2 heteroatoms. The molecule has 0 aliphatic heterocycles. The van der Waals surface area contributed by atoms with Crippen LogP contribution in [0.25, 0.3) is 0 Å². The van der Waals surface area contributed by atoms with Crippen LogP contribution >= 0.6 is 0 Å². The minimum absolute atomic E-state index is 0.173. The van der Waals surface area contributed by atoms with Crippen molar-refractivity contribution in [3.05, 3.63) is 0 Å². The Morgan fingerprint density at radius 1 is 1.11 bits per heavy atom. The minimum atomic E-state index is 0.173. The lowest BCUT2D eigenvalue weighted by Crippen LogP contribution is -2.53. The summed E-state index contributed by atoms with van der Waals surface area (Å²) in [6.07, 6.45) is 8.10. The Balaban J connectivity index is 2.44. The van der Waals surface area contributed by atoms with Crippen LogP contribution < -0.4 is 11.1 Å². The van der Waals surface area contributed by atoms with Gasteiger partial charge in [-0.05, 0) is 43.6 Å². The van der Waals surface area contributed by atoms with Gasteiger partial charge in [0.25, 0.3) is 0 Å². The molecule has 0 unspecified atom stereocenters. The topological polar surface area (TPSA) is 38.0 Å². The van der Waals surface area contributed by atoms with Gasteiger partial charge in [-0.2, -0.15) is 0 Å². The molecule has 108 valence electrons. The van der Waals surface area contributed by atoms with Crippen molar-refractivity contribution in [2.24, 2.45) is 23.5 Å². The third kappa shape index (κ3) is 5.27. The van der Waals surface area contributed by atoms with Crippen LogP contribution in [0.2, 0.25) is 0 Å². The van der Waals surface area contributed by atoms with E-state index in [-0.39, 0.29) is 5.54 Å². The van der Waals surface area contributed by atoms with Gasteiger partial charge in [-0.1, -0.05) is 47.0 Å². The molecule has 0 aromatic carbocycles. The first-order valence-corrected chi connectivity index (χ1v) is 7.92. The first-order valence-electron chi connectivity index (χ1n) is 7.92. The van der Waals surface area contributed by atoms with Gasteiger partial charge >= 0.3 is 0 Å². The first-order chi connectivity index (χ1) is 8.47. The molecule has 0 aromatic rings. The van der Waals surface area contributed by atoms with Gasteiger partial charge in [-0.3, -0.25) is 0 Å². The van der Waals surface area contributed by atoms with Crippen LogP contribution in [0.3, 0.4) is 0 Å². The molecule has 0 atom stereocenters. The van der Waals surface area contributed by atoms with Crippen LogP contribution in [-0.4, -0.2) is 18.6 Å². The molecule has 0 amide bonds. The number of hydrogen-bond acceptors (Lipinski definition) is 2. The zero-order valence-electron chi connectivity index (χ0n) is 13.0. The molecule has 1 aliphatic carbocycles. The van der Waals surface area contributed by atoms with Gasteiger partial charge in [0.2, 0.25) is 0 Å². The first kappa shape index (κ1) is 16.0. The maximum absolute atomic E-state index is 6.11. The van der Waals surface area contributed by atoms with Crippen LogP contribution in [0.15, 0.2) is 0 Å². The molecule has 1 fully saturated rings. The number of nitrogens with two attached hydrogens (primary N) is 1. The predicted octanol–water partition coefficient (Wildman–Crippen LogP) is 3.56. The highest BCUT2D eigenvalue weighted by molar-refractivity contribution is 4.91. The molecular formula is C16H34N2. The summed E-state index contributed by atoms with van der Waals surface area (Å²) in [6.45, 7) is 11.1. The van der Waals surface area contributed by atoms with Gasteiger partial charge in [-0.15, -0.1) is 0 Å². The van der Waals surface area contributed by atoms with Gasteiger partial charge in [-0.25, -0.2) is 0 Å². The van der Waals surface area contributed by atoms with Crippen LogP contribution in [0.5, 0.6) is 0 Å². The molecule has 1 rings (SSSR count). The van der Waals surface area contributed by atoms with Crippen LogP contribution in [0, 0.1) is 17.8 Å². The molecule has 1 aliphatic rings. The van der Waals surface area contributed by atoms with Crippen molar-refractivity contribution in [3.63, 3.8) is 0 Å². The Bertz CT molecular complexity index is 209. The Morgan fingerprint density at radius 3 is 2.00 bits per heavy atom. The molecule has 2 nitrogen and oxygen atoms in total. The highest BCUT2D eigenvalue weighted by Crippen LogP contribution is 2.30. The Hall–Kier alpha value is -0.0800. The normalized spacial score (nSPS) is 17.5. The molecule has 0 aromatic heterocycles. The largest absolute Gasteiger partial charge is 0.329 e. The average Bonchev–Trinajstić information content (AvgIpc) is 2.19. The summed E-state index contributed by atoms with van der Waals surface area (Å²) in [5.41, 5.74) is 6.28. The summed E-state index contributed by atoms with van der Waals surface area (Å²) in [5, 5.41) is 3.82. The molecular weight excluding hydrogens is 220 g/mol. The van der Waals surface area contributed by atoms with Crippen molar-refractivity contribution >= 4 is 0 Å². The lowest BCUT2D eigenvalue weighted by Gasteiger charge is -2.38. The third-order valence-corrected chi connectivity index (χ3v) is 4.27. The predicted molar refractivity (Wildman–Crippen MR) is 80.7 cm³/mol. The number of hydrogen-bond donors (Lipinski definition) is 2. The highest BCUT2D eigenvalue weighted by atomic mass is 15.0. The van der Waals surface area contributed by atoms with Gasteiger partial charge < -0.3 is 11.1 Å². The van der Waals surface area contributed by atoms with E-state index in [1.807, 2.05) is 0 Å². The zero-order chi connectivity index (χ0) is 13.6. The molecule has 0 radical (unpaired) electrons. The summed E-state index contributed by atoms with van der Waals surface area (Å²) in [5.74, 6) is 2.41. The fourth-order valence-electron chi connectivity index (χ4n) is 3.35. The third-order valence-electron chi connectivity index (χ3n) is 4.27. The summed E-state index contributed by atoms with van der Waals surface area (Å²) < 4.78 is 0. The second-order valence-corrected chi connectivity index (χ2v) is 7.19. The van der Waals surface area contributed by atoms with Crippen LogP contribution in [-0.2, 0) is 0 Å². The Kier molecular flexibility index (Phi) is 6.65. The summed E-state index contributed by atoms with van der Waals surface area (Å²) >= 11 is 0. The fraction of sp³-hybridized carbons (Fsp3) is 1.00. The summed E-state index contributed by atoms with van der Waals surface area (Å²) in [7, 11) is 0. The van der Waals surface area contributed by atoms with E-state index in [0.717, 1.165) is 19.0 Å². The average molecular weight is 254 g/mol. The zero-order valence-corrected chi connectivity index (χ0v) is 13.0. The van der Waals surface area contributed by atoms with Gasteiger partial charge in [0.15, 0.2) is 0 Å². The van der Waals surface area contributed by atoms with E-state index in [9.17, 15) is 0 Å². The van der Waals surface area contributed by atoms with E-state index >= 15 is 0 Å². The van der Waals surface area contributed by atoms with E-state index in [0.29, 0.717) is 11.8 Å². The van der Waals surface area contributed by atoms with Crippen LogP contribution in [0.4, 0.5) is 0 Å². The lowest BCUT2D eigenvalue weighted by molar-refractivity contribution is 0.212. The highest BCUT2D eigenvalue weighted by Gasteiger charge is 2.30. The lowest BCUT2D eigenvalue weighted by atomic mass is 9.80. The monoisotopic (exact) mass is 254 g/mol. The maximum atomic E-state index is 6.11. The van der Waals surface area contributed by atoms with Crippen LogP contribution in [0.1, 0.15) is 66.2 Å². The number of rotatable bonds is 9. The molecule has 0 spiro atoms. The van der Waals surface area contributed by atoms with Crippen molar-refractivity contribution < 1.29 is 0 Å². The number of nitrogens with one attached hydrogen (secondary N) is 1. The molecule has 18 heavy (non-hydrogen) atoms. The summed E-state index contributed by atoms with van der Waals surface area (Å²) in [6, 6.07) is 0. The molecule has 3 N–H and O–H groups in total. The van der Waals surface area contributed by atoms with Gasteiger partial charge in [0, 0.05) is 12.1 Å². The molecule has 0 heterocycles. The smallest absolute Gasteiger partial charge is 0.0308 e. The van der Waals surface area contributed by atoms with Crippen molar-refractivity contribution in [2.75, 3.05) is 13.1 Å². The molecule has 0 saturated heterocycles. The second-order valence-electron chi connectivity index (χ2n) is 7.19. The maximum Gasteiger partial charge on any atom is 0.0308 e. The van der Waals surface area contributed by atoms with E-state index in [2.05, 4.69) is 33.0 Å². The Labute approximate surface area is 114 Å². The second kappa shape index (κ2) is 7.49. The van der Waals surface area contributed by atoms with Crippen molar-refractivity contribution in [3.8, 4) is 0 Å². The van der Waals surface area contributed by atoms with E-state index in [4.69, 9.17) is 5.73 Å². The van der Waals surface area contributed by atoms with E-state index in [1.165, 1.54) is 38.5 Å². The van der Waals surface area contributed by atoms with Gasteiger partial charge in [0.05, 0.1) is 0 Å². The molecule has 0 bridgehead atoms.